The van der Waals surface area contributed by atoms with Crippen molar-refractivity contribution in [2.45, 2.75) is 33.6 Å². The van der Waals surface area contributed by atoms with Crippen LogP contribution in [-0.2, 0) is 19.1 Å². The van der Waals surface area contributed by atoms with E-state index in [2.05, 4.69) is 0 Å². The Morgan fingerprint density at radius 2 is 1.76 bits per heavy atom. The van der Waals surface area contributed by atoms with Gasteiger partial charge < -0.3 is 9.47 Å². The van der Waals surface area contributed by atoms with Gasteiger partial charge in [-0.15, -0.1) is 0 Å². The highest BCUT2D eigenvalue weighted by Crippen LogP contribution is 2.40. The van der Waals surface area contributed by atoms with Gasteiger partial charge in [-0.1, -0.05) is 12.1 Å². The van der Waals surface area contributed by atoms with Gasteiger partial charge in [0.25, 0.3) is 0 Å². The molecule has 2 rings (SSSR count). The number of ether oxygens (including phenoxy) is 2. The average Bonchev–Trinajstić information content (AvgIpc) is 2.84. The number of esters is 2. The maximum absolute atomic E-state index is 12.3. The molecule has 4 nitrogen and oxygen atoms in total. The molecule has 0 bridgehead atoms. The van der Waals surface area contributed by atoms with Gasteiger partial charge in [0.05, 0.1) is 18.8 Å². The van der Waals surface area contributed by atoms with Gasteiger partial charge in [0.2, 0.25) is 0 Å². The highest BCUT2D eigenvalue weighted by molar-refractivity contribution is 6.06. The summed E-state index contributed by atoms with van der Waals surface area (Å²) in [5, 5.41) is 0. The fraction of sp³-hybridized carbons (Fsp3) is 0.412. The van der Waals surface area contributed by atoms with E-state index in [-0.39, 0.29) is 13.2 Å². The first kappa shape index (κ1) is 15.3. The Kier molecular flexibility index (Phi) is 4.46. The van der Waals surface area contributed by atoms with Gasteiger partial charge in [0.15, 0.2) is 0 Å². The van der Waals surface area contributed by atoms with Crippen molar-refractivity contribution in [2.75, 3.05) is 13.2 Å². The summed E-state index contributed by atoms with van der Waals surface area (Å²) in [4.78, 5) is 24.4. The van der Waals surface area contributed by atoms with Crippen LogP contribution in [-0.4, -0.2) is 25.2 Å². The van der Waals surface area contributed by atoms with E-state index >= 15 is 0 Å². The summed E-state index contributed by atoms with van der Waals surface area (Å²) < 4.78 is 10.2. The number of benzene rings is 1. The molecule has 1 aliphatic carbocycles. The molecule has 0 spiro atoms. The number of carbonyl (C=O) groups excluding carboxylic acids is 2. The molecule has 0 radical (unpaired) electrons. The van der Waals surface area contributed by atoms with E-state index in [0.717, 1.165) is 22.3 Å². The van der Waals surface area contributed by atoms with Gasteiger partial charge >= 0.3 is 11.9 Å². The summed E-state index contributed by atoms with van der Waals surface area (Å²) in [6.45, 7) is 8.05. The predicted molar refractivity (Wildman–Crippen MR) is 79.9 cm³/mol. The Hall–Kier alpha value is -2.10. The first-order chi connectivity index (χ1) is 10.0. The predicted octanol–water partition coefficient (Wildman–Crippen LogP) is 2.91. The Morgan fingerprint density at radius 3 is 2.38 bits per heavy atom. The van der Waals surface area contributed by atoms with Crippen LogP contribution in [0.1, 0.15) is 42.0 Å². The SMILES string of the molecule is CCOC(=O)C1=Cc2c(ccc(C)c2C)C1C(=O)OCC. The van der Waals surface area contributed by atoms with Gasteiger partial charge in [0, 0.05) is 0 Å². The molecule has 1 unspecified atom stereocenters. The van der Waals surface area contributed by atoms with E-state index in [1.54, 1.807) is 19.9 Å². The molecule has 1 atom stereocenters. The number of rotatable bonds is 4. The zero-order valence-corrected chi connectivity index (χ0v) is 12.9. The third-order valence-electron chi connectivity index (χ3n) is 3.77. The van der Waals surface area contributed by atoms with Crippen molar-refractivity contribution in [1.29, 1.82) is 0 Å². The zero-order valence-electron chi connectivity index (χ0n) is 12.9. The summed E-state index contributed by atoms with van der Waals surface area (Å²) in [6.07, 6.45) is 1.76. The molecule has 0 N–H and O–H groups in total. The van der Waals surface area contributed by atoms with E-state index in [9.17, 15) is 9.59 Å². The lowest BCUT2D eigenvalue weighted by Crippen LogP contribution is -2.21. The largest absolute Gasteiger partial charge is 0.465 e. The zero-order chi connectivity index (χ0) is 15.6. The summed E-state index contributed by atoms with van der Waals surface area (Å²) in [5.74, 6) is -1.54. The number of hydrogen-bond acceptors (Lipinski definition) is 4. The number of aryl methyl sites for hydroxylation is 1. The first-order valence-corrected chi connectivity index (χ1v) is 7.16. The standard InChI is InChI=1S/C17H20O4/c1-5-20-16(18)14-9-13-11(4)10(3)7-8-12(13)15(14)17(19)21-6-2/h7-9,15H,5-6H2,1-4H3. The van der Waals surface area contributed by atoms with E-state index in [1.165, 1.54) is 0 Å². The van der Waals surface area contributed by atoms with Crippen LogP contribution >= 0.6 is 0 Å². The second kappa shape index (κ2) is 6.12. The molecule has 21 heavy (non-hydrogen) atoms. The first-order valence-electron chi connectivity index (χ1n) is 7.16. The van der Waals surface area contributed by atoms with Crippen LogP contribution in [0.15, 0.2) is 17.7 Å². The summed E-state index contributed by atoms with van der Waals surface area (Å²) in [7, 11) is 0. The number of fused-ring (bicyclic) bond motifs is 1. The topological polar surface area (TPSA) is 52.6 Å². The van der Waals surface area contributed by atoms with Crippen LogP contribution in [0.3, 0.4) is 0 Å². The Labute approximate surface area is 124 Å². The van der Waals surface area contributed by atoms with Gasteiger partial charge in [-0.05, 0) is 56.0 Å². The van der Waals surface area contributed by atoms with E-state index in [4.69, 9.17) is 9.47 Å². The van der Waals surface area contributed by atoms with Crippen molar-refractivity contribution in [1.82, 2.24) is 0 Å². The molecule has 1 aromatic carbocycles. The van der Waals surface area contributed by atoms with Crippen LogP contribution in [0.25, 0.3) is 6.08 Å². The fourth-order valence-electron chi connectivity index (χ4n) is 2.58. The second-order valence-electron chi connectivity index (χ2n) is 5.02. The van der Waals surface area contributed by atoms with Gasteiger partial charge in [-0.3, -0.25) is 4.79 Å². The molecule has 0 aromatic heterocycles. The van der Waals surface area contributed by atoms with Gasteiger partial charge in [-0.2, -0.15) is 0 Å². The molecule has 0 aliphatic heterocycles. The van der Waals surface area contributed by atoms with Crippen molar-refractivity contribution < 1.29 is 19.1 Å². The summed E-state index contributed by atoms with van der Waals surface area (Å²) in [6, 6.07) is 3.85. The van der Waals surface area contributed by atoms with Crippen LogP contribution < -0.4 is 0 Å². The average molecular weight is 288 g/mol. The molecule has 0 fully saturated rings. The van der Waals surface area contributed by atoms with Crippen molar-refractivity contribution in [2.24, 2.45) is 0 Å². The fourth-order valence-corrected chi connectivity index (χ4v) is 2.58. The molecule has 0 amide bonds. The van der Waals surface area contributed by atoms with Crippen molar-refractivity contribution >= 4 is 18.0 Å². The lowest BCUT2D eigenvalue weighted by Gasteiger charge is -2.15. The van der Waals surface area contributed by atoms with Crippen molar-refractivity contribution in [3.63, 3.8) is 0 Å². The van der Waals surface area contributed by atoms with Gasteiger partial charge in [0.1, 0.15) is 5.92 Å². The van der Waals surface area contributed by atoms with Crippen LogP contribution in [0, 0.1) is 13.8 Å². The normalized spacial score (nSPS) is 16.2. The smallest absolute Gasteiger partial charge is 0.335 e. The highest BCUT2D eigenvalue weighted by Gasteiger charge is 2.37. The van der Waals surface area contributed by atoms with E-state index in [0.29, 0.717) is 5.57 Å². The monoisotopic (exact) mass is 288 g/mol. The quantitative estimate of drug-likeness (QED) is 0.799. The van der Waals surface area contributed by atoms with Crippen LogP contribution in [0.4, 0.5) is 0 Å². The minimum absolute atomic E-state index is 0.278. The van der Waals surface area contributed by atoms with Crippen LogP contribution in [0.2, 0.25) is 0 Å². The Morgan fingerprint density at radius 1 is 1.10 bits per heavy atom. The summed E-state index contributed by atoms with van der Waals surface area (Å²) in [5.41, 5.74) is 4.30. The molecule has 1 aliphatic rings. The van der Waals surface area contributed by atoms with Crippen molar-refractivity contribution in [3.05, 3.63) is 40.0 Å². The molecule has 0 saturated heterocycles. The Bertz CT molecular complexity index is 613. The molecule has 0 heterocycles. The lowest BCUT2D eigenvalue weighted by atomic mass is 9.93. The third kappa shape index (κ3) is 2.71. The maximum Gasteiger partial charge on any atom is 0.335 e. The highest BCUT2D eigenvalue weighted by atomic mass is 16.5. The minimum Gasteiger partial charge on any atom is -0.465 e. The molecule has 112 valence electrons. The second-order valence-corrected chi connectivity index (χ2v) is 5.02. The van der Waals surface area contributed by atoms with Gasteiger partial charge in [-0.25, -0.2) is 4.79 Å². The number of hydrogen-bond donors (Lipinski definition) is 0. The molecule has 0 saturated carbocycles. The van der Waals surface area contributed by atoms with E-state index < -0.39 is 17.9 Å². The third-order valence-corrected chi connectivity index (χ3v) is 3.77. The van der Waals surface area contributed by atoms with E-state index in [1.807, 2.05) is 26.0 Å². The minimum atomic E-state index is -0.682. The molecular formula is C17H20O4. The Balaban J connectivity index is 2.51. The number of carbonyl (C=O) groups is 2. The van der Waals surface area contributed by atoms with Crippen LogP contribution in [0.5, 0.6) is 0 Å². The maximum atomic E-state index is 12.3. The molecule has 4 heteroatoms. The molecule has 1 aromatic rings. The summed E-state index contributed by atoms with van der Waals surface area (Å²) >= 11 is 0. The lowest BCUT2D eigenvalue weighted by molar-refractivity contribution is -0.147. The van der Waals surface area contributed by atoms with Crippen molar-refractivity contribution in [3.8, 4) is 0 Å². The molecular weight excluding hydrogens is 268 g/mol.